The second-order valence-corrected chi connectivity index (χ2v) is 7.48. The molecule has 0 amide bonds. The molecule has 1 heterocycles. The van der Waals surface area contributed by atoms with Gasteiger partial charge in [0, 0.05) is 26.0 Å². The van der Waals surface area contributed by atoms with Crippen molar-refractivity contribution in [1.29, 1.82) is 0 Å². The number of guanidine groups is 1. The van der Waals surface area contributed by atoms with Crippen molar-refractivity contribution >= 4 is 15.8 Å². The zero-order valence-electron chi connectivity index (χ0n) is 13.5. The summed E-state index contributed by atoms with van der Waals surface area (Å²) in [6.07, 6.45) is 2.80. The van der Waals surface area contributed by atoms with Gasteiger partial charge in [-0.2, -0.15) is 5.10 Å². The summed E-state index contributed by atoms with van der Waals surface area (Å²) in [6.45, 7) is 0.754. The molecule has 130 valence electrons. The number of benzene rings is 1. The number of aromatic amines is 1. The number of halogens is 1. The van der Waals surface area contributed by atoms with Crippen molar-refractivity contribution in [3.05, 3.63) is 53.1 Å². The third-order valence-electron chi connectivity index (χ3n) is 3.26. The Labute approximate surface area is 140 Å². The highest BCUT2D eigenvalue weighted by molar-refractivity contribution is 7.89. The van der Waals surface area contributed by atoms with E-state index in [0.717, 1.165) is 11.9 Å². The average Bonchev–Trinajstić information content (AvgIpc) is 3.02. The summed E-state index contributed by atoms with van der Waals surface area (Å²) in [7, 11) is -1.59. The minimum absolute atomic E-state index is 0.134. The maximum Gasteiger partial charge on any atom is 0.191 e. The largest absolute Gasteiger partial charge is 0.352 e. The zero-order valence-corrected chi connectivity index (χ0v) is 14.3. The van der Waals surface area contributed by atoms with Gasteiger partial charge >= 0.3 is 0 Å². The number of aliphatic imine (C=N–C) groups is 1. The lowest BCUT2D eigenvalue weighted by atomic mass is 10.1. The normalized spacial score (nSPS) is 12.2. The SMILES string of the molecule is CN=C(NCc1ccn[nH]1)NCc1cc(F)ccc1CS(C)(=O)=O. The third-order valence-corrected chi connectivity index (χ3v) is 4.10. The lowest BCUT2D eigenvalue weighted by Crippen LogP contribution is -2.36. The van der Waals surface area contributed by atoms with Crippen LogP contribution in [0, 0.1) is 5.82 Å². The third kappa shape index (κ3) is 5.65. The van der Waals surface area contributed by atoms with Crippen molar-refractivity contribution < 1.29 is 12.8 Å². The van der Waals surface area contributed by atoms with Crippen LogP contribution in [0.2, 0.25) is 0 Å². The van der Waals surface area contributed by atoms with Crippen LogP contribution in [-0.2, 0) is 28.7 Å². The van der Waals surface area contributed by atoms with Crippen LogP contribution in [0.5, 0.6) is 0 Å². The molecule has 0 bridgehead atoms. The van der Waals surface area contributed by atoms with E-state index in [1.54, 1.807) is 13.2 Å². The Morgan fingerprint density at radius 2 is 2.00 bits per heavy atom. The number of sulfone groups is 1. The maximum absolute atomic E-state index is 13.5. The molecule has 3 N–H and O–H groups in total. The van der Waals surface area contributed by atoms with Gasteiger partial charge in [0.15, 0.2) is 15.8 Å². The summed E-state index contributed by atoms with van der Waals surface area (Å²) in [5.41, 5.74) is 2.03. The molecule has 2 rings (SSSR count). The Hall–Kier alpha value is -2.42. The standard InChI is InChI=1S/C15H20FN5O2S/c1-17-15(19-9-14-5-6-20-21-14)18-8-12-7-13(16)4-3-11(12)10-24(2,22)23/h3-7H,8-10H2,1-2H3,(H,20,21)(H2,17,18,19). The molecular formula is C15H20FN5O2S. The van der Waals surface area contributed by atoms with E-state index in [9.17, 15) is 12.8 Å². The first-order valence-electron chi connectivity index (χ1n) is 7.25. The smallest absolute Gasteiger partial charge is 0.191 e. The summed E-state index contributed by atoms with van der Waals surface area (Å²) in [6, 6.07) is 5.91. The Morgan fingerprint density at radius 3 is 2.62 bits per heavy atom. The molecule has 9 heteroatoms. The highest BCUT2D eigenvalue weighted by Crippen LogP contribution is 2.14. The second-order valence-electron chi connectivity index (χ2n) is 5.34. The minimum Gasteiger partial charge on any atom is -0.352 e. The van der Waals surface area contributed by atoms with Gasteiger partial charge in [-0.25, -0.2) is 12.8 Å². The number of hydrogen-bond acceptors (Lipinski definition) is 4. The van der Waals surface area contributed by atoms with E-state index in [1.807, 2.05) is 6.07 Å². The molecule has 0 aliphatic rings. The topological polar surface area (TPSA) is 99.2 Å². The number of H-pyrrole nitrogens is 1. The van der Waals surface area contributed by atoms with Crippen LogP contribution in [0.4, 0.5) is 4.39 Å². The number of nitrogens with one attached hydrogen (secondary N) is 3. The highest BCUT2D eigenvalue weighted by atomic mass is 32.2. The van der Waals surface area contributed by atoms with Crippen molar-refractivity contribution in [2.45, 2.75) is 18.8 Å². The fraction of sp³-hybridized carbons (Fsp3) is 0.333. The molecule has 2 aromatic rings. The maximum atomic E-state index is 13.5. The Bertz CT molecular complexity index is 803. The first kappa shape index (κ1) is 17.9. The Kier molecular flexibility index (Phi) is 5.91. The van der Waals surface area contributed by atoms with Crippen LogP contribution in [0.3, 0.4) is 0 Å². The molecule has 0 atom stereocenters. The lowest BCUT2D eigenvalue weighted by molar-refractivity contribution is 0.599. The van der Waals surface area contributed by atoms with E-state index in [0.29, 0.717) is 23.6 Å². The van der Waals surface area contributed by atoms with Crippen molar-refractivity contribution in [3.8, 4) is 0 Å². The Balaban J connectivity index is 2.02. The number of rotatable bonds is 6. The van der Waals surface area contributed by atoms with Gasteiger partial charge in [-0.3, -0.25) is 10.1 Å². The van der Waals surface area contributed by atoms with E-state index in [4.69, 9.17) is 0 Å². The molecule has 0 saturated carbocycles. The molecule has 1 aromatic carbocycles. The van der Waals surface area contributed by atoms with Crippen LogP contribution in [0.25, 0.3) is 0 Å². The molecule has 0 spiro atoms. The quantitative estimate of drug-likeness (QED) is 0.531. The monoisotopic (exact) mass is 353 g/mol. The number of hydrogen-bond donors (Lipinski definition) is 3. The summed E-state index contributed by atoms with van der Waals surface area (Å²) in [4.78, 5) is 4.08. The molecular weight excluding hydrogens is 333 g/mol. The van der Waals surface area contributed by atoms with Crippen LogP contribution in [-0.4, -0.2) is 37.9 Å². The molecule has 0 aliphatic heterocycles. The number of nitrogens with zero attached hydrogens (tertiary/aromatic N) is 2. The lowest BCUT2D eigenvalue weighted by Gasteiger charge is -2.14. The van der Waals surface area contributed by atoms with Crippen molar-refractivity contribution in [2.24, 2.45) is 4.99 Å². The predicted molar refractivity (Wildman–Crippen MR) is 90.6 cm³/mol. The van der Waals surface area contributed by atoms with E-state index < -0.39 is 15.7 Å². The number of aromatic nitrogens is 2. The van der Waals surface area contributed by atoms with Gasteiger partial charge in [0.05, 0.1) is 18.0 Å². The van der Waals surface area contributed by atoms with Crippen LogP contribution < -0.4 is 10.6 Å². The Morgan fingerprint density at radius 1 is 1.25 bits per heavy atom. The van der Waals surface area contributed by atoms with Crippen LogP contribution >= 0.6 is 0 Å². The first-order chi connectivity index (χ1) is 11.4. The predicted octanol–water partition coefficient (Wildman–Crippen LogP) is 0.959. The molecule has 0 aliphatic carbocycles. The summed E-state index contributed by atoms with van der Waals surface area (Å²) in [5.74, 6) is -0.0339. The summed E-state index contributed by atoms with van der Waals surface area (Å²) < 4.78 is 36.5. The van der Waals surface area contributed by atoms with Gasteiger partial charge in [-0.15, -0.1) is 0 Å². The van der Waals surface area contributed by atoms with E-state index >= 15 is 0 Å². The van der Waals surface area contributed by atoms with Crippen molar-refractivity contribution in [1.82, 2.24) is 20.8 Å². The van der Waals surface area contributed by atoms with E-state index in [1.165, 1.54) is 18.2 Å². The van der Waals surface area contributed by atoms with Gasteiger partial charge in [0.1, 0.15) is 5.82 Å². The molecule has 1 aromatic heterocycles. The fourth-order valence-corrected chi connectivity index (χ4v) is 2.99. The highest BCUT2D eigenvalue weighted by Gasteiger charge is 2.11. The van der Waals surface area contributed by atoms with Gasteiger partial charge in [-0.1, -0.05) is 6.07 Å². The summed E-state index contributed by atoms with van der Waals surface area (Å²) >= 11 is 0. The van der Waals surface area contributed by atoms with Gasteiger partial charge in [0.2, 0.25) is 0 Å². The second kappa shape index (κ2) is 7.91. The van der Waals surface area contributed by atoms with Gasteiger partial charge < -0.3 is 10.6 Å². The molecule has 0 saturated heterocycles. The average molecular weight is 353 g/mol. The van der Waals surface area contributed by atoms with E-state index in [-0.39, 0.29) is 12.3 Å². The zero-order chi connectivity index (χ0) is 17.6. The molecule has 7 nitrogen and oxygen atoms in total. The molecule has 24 heavy (non-hydrogen) atoms. The van der Waals surface area contributed by atoms with Crippen molar-refractivity contribution in [3.63, 3.8) is 0 Å². The van der Waals surface area contributed by atoms with Crippen molar-refractivity contribution in [2.75, 3.05) is 13.3 Å². The van der Waals surface area contributed by atoms with Gasteiger partial charge in [-0.05, 0) is 29.3 Å². The van der Waals surface area contributed by atoms with Crippen LogP contribution in [0.15, 0.2) is 35.5 Å². The fourth-order valence-electron chi connectivity index (χ4n) is 2.14. The summed E-state index contributed by atoms with van der Waals surface area (Å²) in [5, 5.41) is 12.8. The minimum atomic E-state index is -3.20. The molecule has 0 fully saturated rings. The first-order valence-corrected chi connectivity index (χ1v) is 9.31. The molecule has 0 unspecified atom stereocenters. The molecule has 0 radical (unpaired) electrons. The van der Waals surface area contributed by atoms with E-state index in [2.05, 4.69) is 25.8 Å². The van der Waals surface area contributed by atoms with Crippen LogP contribution in [0.1, 0.15) is 16.8 Å². The van der Waals surface area contributed by atoms with Gasteiger partial charge in [0.25, 0.3) is 0 Å².